The van der Waals surface area contributed by atoms with E-state index in [2.05, 4.69) is 253 Å². The third kappa shape index (κ3) is 96.0. The van der Waals surface area contributed by atoms with Gasteiger partial charge in [-0.2, -0.15) is 0 Å². The molecule has 24 heteroatoms. The van der Waals surface area contributed by atoms with Crippen LogP contribution >= 0.6 is 0 Å². The number of nitrogens with zero attached hydrogens (tertiary/aromatic N) is 24. The topological polar surface area (TPSA) is 309 Å². The van der Waals surface area contributed by atoms with E-state index < -0.39 is 0 Å². The van der Waals surface area contributed by atoms with Gasteiger partial charge in [-0.15, -0.1) is 0 Å². The first-order chi connectivity index (χ1) is 65.8. The molecule has 14 heterocycles. The number of aryl methyl sites for hydroxylation is 7. The summed E-state index contributed by atoms with van der Waals surface area (Å²) in [6, 6.07) is 117. The molecular formula is C109H116N24. The van der Waals surface area contributed by atoms with Crippen LogP contribution in [0.5, 0.6) is 0 Å². The van der Waals surface area contributed by atoms with Gasteiger partial charge >= 0.3 is 0 Å². The average molecular weight is 1760 g/mol. The fourth-order valence-corrected chi connectivity index (χ4v) is 7.55. The summed E-state index contributed by atoms with van der Waals surface area (Å²) in [5.74, 6) is 0. The summed E-state index contributed by atoms with van der Waals surface area (Å²) < 4.78 is 0. The van der Waals surface area contributed by atoms with Crippen LogP contribution in [0, 0.1) is 48.5 Å². The first-order valence-electron chi connectivity index (χ1n) is 41.3. The highest BCUT2D eigenvalue weighted by molar-refractivity contribution is 5.16. The molecule has 0 saturated carbocycles. The van der Waals surface area contributed by atoms with E-state index in [4.69, 9.17) is 0 Å². The predicted molar refractivity (Wildman–Crippen MR) is 536 cm³/mol. The second kappa shape index (κ2) is 97.7. The van der Waals surface area contributed by atoms with E-state index in [1.165, 1.54) is 115 Å². The Morgan fingerprint density at radius 1 is 0.0827 bits per heavy atom. The van der Waals surface area contributed by atoms with Gasteiger partial charge in [-0.1, -0.05) is 288 Å². The van der Waals surface area contributed by atoms with Gasteiger partial charge in [0.1, 0.15) is 75.9 Å². The van der Waals surface area contributed by atoms with Crippen molar-refractivity contribution in [3.05, 3.63) is 622 Å². The molecule has 0 fully saturated rings. The van der Waals surface area contributed by atoms with E-state index in [1.807, 2.05) is 237 Å². The van der Waals surface area contributed by atoms with Crippen LogP contribution in [0.15, 0.2) is 583 Å². The zero-order chi connectivity index (χ0) is 95.2. The molecule has 0 spiro atoms. The Morgan fingerprint density at radius 3 is 0.203 bits per heavy atom. The Balaban J connectivity index is 0.000000698. The summed E-state index contributed by atoms with van der Waals surface area (Å²) in [5.41, 5.74) is 9.25. The third-order valence-corrected chi connectivity index (χ3v) is 13.6. The molecule has 0 unspecified atom stereocenters. The minimum Gasteiger partial charge on any atom is -0.265 e. The van der Waals surface area contributed by atoms with E-state index in [0.717, 1.165) is 0 Å². The van der Waals surface area contributed by atoms with Crippen LogP contribution in [0.1, 0.15) is 38.9 Å². The minimum absolute atomic E-state index is 1.32. The Kier molecular flexibility index (Phi) is 83.0. The predicted octanol–water partition coefficient (Wildman–Crippen LogP) is 23.1. The molecule has 21 aromatic rings. The van der Waals surface area contributed by atoms with Gasteiger partial charge in [0, 0.05) is 149 Å². The number of hydrogen-bond acceptors (Lipinski definition) is 24. The summed E-state index contributed by atoms with van der Waals surface area (Å²) in [5, 5.41) is 0. The minimum atomic E-state index is 1.32. The zero-order valence-electron chi connectivity index (χ0n) is 76.1. The lowest BCUT2D eigenvalue weighted by molar-refractivity contribution is 1.05. The molecule has 0 N–H and O–H groups in total. The van der Waals surface area contributed by atoms with Crippen LogP contribution in [0.4, 0.5) is 0 Å². The summed E-state index contributed by atoms with van der Waals surface area (Å²) in [4.78, 5) is 88.2. The normalized spacial score (nSPS) is 8.26. The standard InChI is InChI=1S/7C7H8.6C5H5N.6C4H4N2.2C3H3N3/c7*1-7-5-3-2-4-6-7;6*1-2-4-6-5-3-1;6*1-2-5-4-6-3-1;2*1-4-2-6-3-5-1/h7*2-6H,1H3;6*1-5H;6*1-4H;2*1-3H. The molecule has 0 radical (unpaired) electrons. The van der Waals surface area contributed by atoms with Crippen molar-refractivity contribution in [2.45, 2.75) is 48.5 Å². The molecule has 0 aliphatic heterocycles. The van der Waals surface area contributed by atoms with Crippen LogP contribution in [0.3, 0.4) is 0 Å². The van der Waals surface area contributed by atoms with Crippen molar-refractivity contribution < 1.29 is 0 Å². The summed E-state index contributed by atoms with van der Waals surface area (Å²) in [7, 11) is 0. The quantitative estimate of drug-likeness (QED) is 0.136. The Bertz CT molecular complexity index is 3890. The summed E-state index contributed by atoms with van der Waals surface area (Å²) in [6.07, 6.45) is 58.9. The van der Waals surface area contributed by atoms with Gasteiger partial charge in [0.2, 0.25) is 0 Å². The maximum absolute atomic E-state index is 3.78. The van der Waals surface area contributed by atoms with Gasteiger partial charge in [-0.3, -0.25) is 29.9 Å². The Hall–Kier alpha value is -18.1. The zero-order valence-corrected chi connectivity index (χ0v) is 76.1. The largest absolute Gasteiger partial charge is 0.265 e. The fourth-order valence-electron chi connectivity index (χ4n) is 7.55. The molecule has 0 amide bonds. The number of benzene rings is 7. The van der Waals surface area contributed by atoms with Crippen molar-refractivity contribution in [1.82, 2.24) is 120 Å². The first kappa shape index (κ1) is 113. The lowest BCUT2D eigenvalue weighted by Gasteiger charge is -1.82. The second-order valence-electron chi connectivity index (χ2n) is 24.7. The Morgan fingerprint density at radius 2 is 0.165 bits per heavy atom. The van der Waals surface area contributed by atoms with Gasteiger partial charge in [0.15, 0.2) is 0 Å². The first-order valence-corrected chi connectivity index (χ1v) is 41.3. The van der Waals surface area contributed by atoms with Crippen LogP contribution in [0.25, 0.3) is 0 Å². The van der Waals surface area contributed by atoms with Crippen molar-refractivity contribution in [3.63, 3.8) is 0 Å². The Labute approximate surface area is 785 Å². The van der Waals surface area contributed by atoms with E-state index in [1.54, 1.807) is 185 Å². The molecule has 0 atom stereocenters. The van der Waals surface area contributed by atoms with Gasteiger partial charge in [0.05, 0.1) is 0 Å². The molecule has 14 aromatic heterocycles. The highest BCUT2D eigenvalue weighted by atomic mass is 14.9. The third-order valence-electron chi connectivity index (χ3n) is 13.6. The molecule has 133 heavy (non-hydrogen) atoms. The van der Waals surface area contributed by atoms with Crippen LogP contribution < -0.4 is 0 Å². The van der Waals surface area contributed by atoms with E-state index in [-0.39, 0.29) is 0 Å². The number of hydrogen-bond donors (Lipinski definition) is 0. The number of pyridine rings is 6. The van der Waals surface area contributed by atoms with Crippen molar-refractivity contribution in [3.8, 4) is 0 Å². The van der Waals surface area contributed by atoms with Crippen LogP contribution in [0.2, 0.25) is 0 Å². The molecule has 7 aromatic carbocycles. The molecule has 21 rings (SSSR count). The lowest BCUT2D eigenvalue weighted by atomic mass is 10.2. The molecule has 0 bridgehead atoms. The molecular weight excluding hydrogens is 1650 g/mol. The lowest BCUT2D eigenvalue weighted by Crippen LogP contribution is -1.73. The summed E-state index contributed by atoms with van der Waals surface area (Å²) in [6.45, 7) is 14.6. The van der Waals surface area contributed by atoms with Crippen molar-refractivity contribution in [1.29, 1.82) is 0 Å². The summed E-state index contributed by atoms with van der Waals surface area (Å²) >= 11 is 0. The van der Waals surface area contributed by atoms with Gasteiger partial charge in [-0.25, -0.2) is 89.7 Å². The van der Waals surface area contributed by atoms with Gasteiger partial charge in [0.25, 0.3) is 0 Å². The van der Waals surface area contributed by atoms with Gasteiger partial charge < -0.3 is 0 Å². The van der Waals surface area contributed by atoms with Gasteiger partial charge in [-0.05, 0) is 158 Å². The second-order valence-corrected chi connectivity index (χ2v) is 24.7. The van der Waals surface area contributed by atoms with E-state index in [9.17, 15) is 0 Å². The highest BCUT2D eigenvalue weighted by Crippen LogP contribution is 1.98. The van der Waals surface area contributed by atoms with Crippen molar-refractivity contribution >= 4 is 0 Å². The maximum atomic E-state index is 3.78. The fraction of sp³-hybridized carbons (Fsp3) is 0.0642. The number of aromatic nitrogens is 24. The maximum Gasteiger partial charge on any atom is 0.119 e. The number of rotatable bonds is 0. The van der Waals surface area contributed by atoms with E-state index >= 15 is 0 Å². The molecule has 0 aliphatic carbocycles. The van der Waals surface area contributed by atoms with Crippen molar-refractivity contribution in [2.24, 2.45) is 0 Å². The smallest absolute Gasteiger partial charge is 0.119 e. The monoisotopic (exact) mass is 1760 g/mol. The van der Waals surface area contributed by atoms with Crippen LogP contribution in [-0.2, 0) is 0 Å². The average Bonchev–Trinajstić information content (AvgIpc) is 1.02. The molecule has 672 valence electrons. The molecule has 24 nitrogen and oxygen atoms in total. The van der Waals surface area contributed by atoms with Crippen molar-refractivity contribution in [2.75, 3.05) is 0 Å². The molecule has 0 aliphatic rings. The van der Waals surface area contributed by atoms with Crippen LogP contribution in [-0.4, -0.2) is 120 Å². The molecule has 0 saturated heterocycles. The van der Waals surface area contributed by atoms with E-state index in [0.29, 0.717) is 0 Å². The SMILES string of the molecule is Cc1ccccc1.Cc1ccccc1.Cc1ccccc1.Cc1ccccc1.Cc1ccccc1.Cc1ccccc1.Cc1ccccc1.c1ccncc1.c1ccncc1.c1ccncc1.c1ccncc1.c1ccncc1.c1ccncc1.c1cncnc1.c1cncnc1.c1cncnc1.c1cncnc1.c1cncnc1.c1cncnc1.c1ncncn1.c1ncncn1. The highest BCUT2D eigenvalue weighted by Gasteiger charge is 1.79.